The van der Waals surface area contributed by atoms with Crippen molar-refractivity contribution < 1.29 is 23.8 Å². The summed E-state index contributed by atoms with van der Waals surface area (Å²) in [6.45, 7) is -3.28. The normalized spacial score (nSPS) is 38.3. The van der Waals surface area contributed by atoms with E-state index < -0.39 is 31.3 Å². The number of nitrogens with two attached hydrogens (primary N) is 1. The molecule has 3 unspecified atom stereocenters. The standard InChI is InChI=1S/C10H12N5O5PS/c11-8-5-9(13-2-12-8)15(3-14-5)10-6(16)7-4(19-10)1-18-21(17,22)20-7/h2-4,6-7,10,16H,1H2,(H,17,22)(H2,11,12,13)/t4?,6-,7-,10?,21?/m0/s1. The Labute approximate surface area is 129 Å². The van der Waals surface area contributed by atoms with E-state index in [4.69, 9.17) is 31.3 Å². The van der Waals surface area contributed by atoms with Crippen LogP contribution in [0.3, 0.4) is 0 Å². The van der Waals surface area contributed by atoms with Crippen LogP contribution in [-0.2, 0) is 25.6 Å². The van der Waals surface area contributed by atoms with E-state index in [0.29, 0.717) is 11.2 Å². The number of aliphatic hydroxyl groups excluding tert-OH is 1. The Kier molecular flexibility index (Phi) is 3.20. The van der Waals surface area contributed by atoms with E-state index in [0.717, 1.165) is 0 Å². The number of aromatic nitrogens is 4. The summed E-state index contributed by atoms with van der Waals surface area (Å²) in [6.07, 6.45) is -0.414. The number of aliphatic hydroxyl groups is 1. The molecular weight excluding hydrogens is 333 g/mol. The molecule has 5 atom stereocenters. The fourth-order valence-corrected chi connectivity index (χ4v) is 4.07. The minimum absolute atomic E-state index is 0.0513. The van der Waals surface area contributed by atoms with Gasteiger partial charge in [0, 0.05) is 0 Å². The van der Waals surface area contributed by atoms with Crippen molar-refractivity contribution in [1.29, 1.82) is 0 Å². The van der Waals surface area contributed by atoms with Gasteiger partial charge in [0.05, 0.1) is 12.9 Å². The molecule has 2 aromatic rings. The number of nitrogens with zero attached hydrogens (tertiary/aromatic N) is 4. The van der Waals surface area contributed by atoms with E-state index in [1.165, 1.54) is 12.7 Å². The maximum Gasteiger partial charge on any atom is 0.325 e. The van der Waals surface area contributed by atoms with Gasteiger partial charge in [-0.05, 0) is 11.8 Å². The topological polar surface area (TPSA) is 138 Å². The number of rotatable bonds is 1. The van der Waals surface area contributed by atoms with Crippen LogP contribution in [0.4, 0.5) is 5.82 Å². The Morgan fingerprint density at radius 3 is 3.05 bits per heavy atom. The highest BCUT2D eigenvalue weighted by Crippen LogP contribution is 2.52. The molecule has 4 N–H and O–H groups in total. The first-order chi connectivity index (χ1) is 10.5. The first kappa shape index (κ1) is 14.4. The monoisotopic (exact) mass is 345 g/mol. The number of anilines is 1. The van der Waals surface area contributed by atoms with Crippen molar-refractivity contribution >= 4 is 35.5 Å². The number of imidazole rings is 1. The summed E-state index contributed by atoms with van der Waals surface area (Å²) in [6, 6.07) is 0. The summed E-state index contributed by atoms with van der Waals surface area (Å²) in [7, 11) is 0. The van der Waals surface area contributed by atoms with E-state index in [1.54, 1.807) is 4.57 Å². The van der Waals surface area contributed by atoms with Gasteiger partial charge in [-0.2, -0.15) is 0 Å². The molecule has 0 amide bonds. The summed E-state index contributed by atoms with van der Waals surface area (Å²) in [4.78, 5) is 21.8. The van der Waals surface area contributed by atoms with Gasteiger partial charge in [0.15, 0.2) is 17.7 Å². The van der Waals surface area contributed by atoms with Gasteiger partial charge in [-0.25, -0.2) is 15.0 Å². The van der Waals surface area contributed by atoms with Crippen molar-refractivity contribution in [3.05, 3.63) is 12.7 Å². The molecule has 10 nitrogen and oxygen atoms in total. The van der Waals surface area contributed by atoms with Crippen molar-refractivity contribution in [1.82, 2.24) is 19.5 Å². The number of fused-ring (bicyclic) bond motifs is 2. The lowest BCUT2D eigenvalue weighted by atomic mass is 10.1. The Hall–Kier alpha value is -1.20. The molecule has 22 heavy (non-hydrogen) atoms. The van der Waals surface area contributed by atoms with Crippen LogP contribution >= 0.6 is 6.72 Å². The van der Waals surface area contributed by atoms with Crippen LogP contribution in [0, 0.1) is 0 Å². The summed E-state index contributed by atoms with van der Waals surface area (Å²) in [5.41, 5.74) is 6.58. The predicted molar refractivity (Wildman–Crippen MR) is 77.0 cm³/mol. The summed E-state index contributed by atoms with van der Waals surface area (Å²) in [5.74, 6) is 0.235. The highest BCUT2D eigenvalue weighted by Gasteiger charge is 2.51. The first-order valence-electron chi connectivity index (χ1n) is 6.38. The molecule has 2 saturated heterocycles. The van der Waals surface area contributed by atoms with E-state index in [1.807, 2.05) is 0 Å². The quantitative estimate of drug-likeness (QED) is 0.569. The Morgan fingerprint density at radius 2 is 2.23 bits per heavy atom. The Morgan fingerprint density at radius 1 is 1.41 bits per heavy atom. The van der Waals surface area contributed by atoms with E-state index >= 15 is 0 Å². The van der Waals surface area contributed by atoms with Gasteiger partial charge in [-0.3, -0.25) is 9.09 Å². The van der Waals surface area contributed by atoms with Gasteiger partial charge >= 0.3 is 6.72 Å². The second kappa shape index (κ2) is 4.90. The third-order valence-corrected chi connectivity index (χ3v) is 5.19. The highest BCUT2D eigenvalue weighted by atomic mass is 32.5. The average molecular weight is 345 g/mol. The molecule has 2 aromatic heterocycles. The molecule has 0 bridgehead atoms. The molecule has 0 radical (unpaired) electrons. The highest BCUT2D eigenvalue weighted by molar-refractivity contribution is 8.07. The van der Waals surface area contributed by atoms with Crippen LogP contribution in [0.25, 0.3) is 11.2 Å². The molecule has 0 aromatic carbocycles. The number of ether oxygens (including phenoxy) is 1. The fraction of sp³-hybridized carbons (Fsp3) is 0.500. The first-order valence-corrected chi connectivity index (χ1v) is 8.97. The molecule has 118 valence electrons. The van der Waals surface area contributed by atoms with Crippen molar-refractivity contribution in [3.8, 4) is 0 Å². The molecule has 4 rings (SSSR count). The second-order valence-corrected chi connectivity index (χ2v) is 7.76. The molecule has 4 heterocycles. The minimum atomic E-state index is -3.33. The minimum Gasteiger partial charge on any atom is -0.386 e. The van der Waals surface area contributed by atoms with E-state index in [-0.39, 0.29) is 12.4 Å². The van der Waals surface area contributed by atoms with Gasteiger partial charge in [0.25, 0.3) is 0 Å². The van der Waals surface area contributed by atoms with Crippen molar-refractivity contribution in [2.24, 2.45) is 0 Å². The van der Waals surface area contributed by atoms with E-state index in [9.17, 15) is 10.00 Å². The van der Waals surface area contributed by atoms with Crippen LogP contribution in [0.2, 0.25) is 0 Å². The number of nitrogen functional groups attached to an aromatic ring is 1. The molecule has 2 fully saturated rings. The van der Waals surface area contributed by atoms with Crippen LogP contribution < -0.4 is 5.73 Å². The summed E-state index contributed by atoms with van der Waals surface area (Å²) < 4.78 is 17.6. The third-order valence-electron chi connectivity index (χ3n) is 3.63. The van der Waals surface area contributed by atoms with Gasteiger partial charge in [0.2, 0.25) is 0 Å². The molecule has 0 aliphatic carbocycles. The fourth-order valence-electron chi connectivity index (χ4n) is 2.62. The SMILES string of the molecule is Nc1ncnc2c1ncn2C1OC2COP(O)(=S)O[C@@H]2[C@@H]1O. The zero-order chi connectivity index (χ0) is 15.5. The van der Waals surface area contributed by atoms with E-state index in [2.05, 4.69) is 15.0 Å². The van der Waals surface area contributed by atoms with Crippen LogP contribution in [0.5, 0.6) is 0 Å². The summed E-state index contributed by atoms with van der Waals surface area (Å²) >= 11 is 4.80. The lowest BCUT2D eigenvalue weighted by molar-refractivity contribution is -0.0593. The smallest absolute Gasteiger partial charge is 0.325 e. The van der Waals surface area contributed by atoms with Crippen LogP contribution in [0.15, 0.2) is 12.7 Å². The molecule has 0 saturated carbocycles. The van der Waals surface area contributed by atoms with Crippen molar-refractivity contribution in [2.45, 2.75) is 24.5 Å². The second-order valence-electron chi connectivity index (χ2n) is 4.97. The lowest BCUT2D eigenvalue weighted by Gasteiger charge is -2.30. The summed E-state index contributed by atoms with van der Waals surface area (Å²) in [5, 5.41) is 10.4. The maximum absolute atomic E-state index is 10.4. The molecular formula is C10H12N5O5PS. The zero-order valence-corrected chi connectivity index (χ0v) is 12.7. The molecule has 2 aliphatic heterocycles. The third kappa shape index (κ3) is 2.14. The Balaban J connectivity index is 1.71. The van der Waals surface area contributed by atoms with Gasteiger partial charge in [-0.15, -0.1) is 0 Å². The van der Waals surface area contributed by atoms with Crippen LogP contribution in [0.1, 0.15) is 6.23 Å². The lowest BCUT2D eigenvalue weighted by Crippen LogP contribution is -2.39. The van der Waals surface area contributed by atoms with Crippen LogP contribution in [-0.4, -0.2) is 54.4 Å². The largest absolute Gasteiger partial charge is 0.386 e. The average Bonchev–Trinajstić information content (AvgIpc) is 3.01. The van der Waals surface area contributed by atoms with Gasteiger partial charge in [-0.1, -0.05) is 0 Å². The predicted octanol–water partition coefficient (Wildman–Crippen LogP) is -0.701. The van der Waals surface area contributed by atoms with Crippen molar-refractivity contribution in [2.75, 3.05) is 12.3 Å². The molecule has 12 heteroatoms. The number of hydrogen-bond donors (Lipinski definition) is 3. The molecule has 2 aliphatic rings. The van der Waals surface area contributed by atoms with Gasteiger partial charge in [0.1, 0.15) is 30.2 Å². The zero-order valence-electron chi connectivity index (χ0n) is 11.0. The van der Waals surface area contributed by atoms with Gasteiger partial charge < -0.3 is 25.0 Å². The molecule has 0 spiro atoms. The number of hydrogen-bond acceptors (Lipinski definition) is 9. The Bertz CT molecular complexity index is 786. The maximum atomic E-state index is 10.4. The van der Waals surface area contributed by atoms with Crippen molar-refractivity contribution in [3.63, 3.8) is 0 Å².